The van der Waals surface area contributed by atoms with Gasteiger partial charge in [-0.05, 0) is 19.8 Å². The molecule has 5 nitrogen and oxygen atoms in total. The maximum absolute atomic E-state index is 12.1. The second kappa shape index (κ2) is 6.70. The molecule has 19 heavy (non-hydrogen) atoms. The Morgan fingerprint density at radius 3 is 2.58 bits per heavy atom. The number of aryl methyl sites for hydroxylation is 2. The van der Waals surface area contributed by atoms with Gasteiger partial charge in [0.15, 0.2) is 0 Å². The van der Waals surface area contributed by atoms with Gasteiger partial charge in [0.25, 0.3) is 0 Å². The van der Waals surface area contributed by atoms with Gasteiger partial charge < -0.3 is 10.2 Å². The van der Waals surface area contributed by atoms with Gasteiger partial charge in [0, 0.05) is 38.4 Å². The summed E-state index contributed by atoms with van der Waals surface area (Å²) in [5, 5.41) is 7.52. The Kier molecular flexibility index (Phi) is 4.96. The maximum atomic E-state index is 12.1. The molecule has 0 radical (unpaired) electrons. The van der Waals surface area contributed by atoms with Crippen molar-refractivity contribution in [2.24, 2.45) is 7.05 Å². The molecule has 2 heterocycles. The summed E-state index contributed by atoms with van der Waals surface area (Å²) < 4.78 is 1.81. The largest absolute Gasteiger partial charge is 0.342 e. The smallest absolute Gasteiger partial charge is 0.236 e. The lowest BCUT2D eigenvalue weighted by Gasteiger charge is -2.20. The molecule has 1 aliphatic rings. The van der Waals surface area contributed by atoms with Crippen LogP contribution in [0.25, 0.3) is 0 Å². The highest BCUT2D eigenvalue weighted by Gasteiger charge is 2.14. The summed E-state index contributed by atoms with van der Waals surface area (Å²) in [6.45, 7) is 4.97. The van der Waals surface area contributed by atoms with Gasteiger partial charge in [0.05, 0.1) is 12.2 Å². The van der Waals surface area contributed by atoms with Crippen LogP contribution >= 0.6 is 0 Å². The Balaban J connectivity index is 1.75. The molecule has 0 aromatic carbocycles. The highest BCUT2D eigenvalue weighted by Crippen LogP contribution is 2.09. The minimum absolute atomic E-state index is 0.225. The van der Waals surface area contributed by atoms with Gasteiger partial charge in [-0.2, -0.15) is 5.10 Å². The molecule has 0 saturated carbocycles. The number of carbonyl (C=O) groups is 1. The Morgan fingerprint density at radius 2 is 2.00 bits per heavy atom. The molecule has 0 spiro atoms. The topological polar surface area (TPSA) is 50.2 Å². The van der Waals surface area contributed by atoms with Crippen LogP contribution in [-0.4, -0.2) is 40.2 Å². The number of likely N-dealkylation sites (tertiary alicyclic amines) is 1. The monoisotopic (exact) mass is 264 g/mol. The van der Waals surface area contributed by atoms with Crippen LogP contribution in [-0.2, 0) is 18.4 Å². The van der Waals surface area contributed by atoms with Crippen LogP contribution in [0.4, 0.5) is 0 Å². The summed E-state index contributed by atoms with van der Waals surface area (Å²) in [5.74, 6) is 0.225. The predicted molar refractivity (Wildman–Crippen MR) is 74.7 cm³/mol. The summed E-state index contributed by atoms with van der Waals surface area (Å²) in [5.41, 5.74) is 2.18. The van der Waals surface area contributed by atoms with Crippen molar-refractivity contribution in [3.05, 3.63) is 17.5 Å². The van der Waals surface area contributed by atoms with Crippen LogP contribution in [0, 0.1) is 6.92 Å². The van der Waals surface area contributed by atoms with Crippen molar-refractivity contribution in [3.8, 4) is 0 Å². The van der Waals surface area contributed by atoms with E-state index in [9.17, 15) is 4.79 Å². The molecular formula is C14H24N4O. The minimum atomic E-state index is 0.225. The lowest BCUT2D eigenvalue weighted by Crippen LogP contribution is -2.38. The van der Waals surface area contributed by atoms with Gasteiger partial charge in [-0.25, -0.2) is 0 Å². The first-order valence-electron chi connectivity index (χ1n) is 7.14. The normalized spacial score (nSPS) is 16.4. The number of nitrogens with one attached hydrogen (secondary N) is 1. The van der Waals surface area contributed by atoms with Gasteiger partial charge in [0.1, 0.15) is 0 Å². The summed E-state index contributed by atoms with van der Waals surface area (Å²) >= 11 is 0. The Bertz CT molecular complexity index is 419. The number of nitrogens with zero attached hydrogens (tertiary/aromatic N) is 3. The van der Waals surface area contributed by atoms with E-state index in [1.165, 1.54) is 12.8 Å². The van der Waals surface area contributed by atoms with E-state index in [1.807, 2.05) is 29.7 Å². The van der Waals surface area contributed by atoms with E-state index in [0.29, 0.717) is 13.1 Å². The van der Waals surface area contributed by atoms with Crippen LogP contribution in [0.5, 0.6) is 0 Å². The van der Waals surface area contributed by atoms with Crippen LogP contribution in [0.15, 0.2) is 6.20 Å². The SMILES string of the molecule is Cc1nn(C)cc1CNCC(=O)N1CCCCCC1. The van der Waals surface area contributed by atoms with Crippen molar-refractivity contribution in [3.63, 3.8) is 0 Å². The van der Waals surface area contributed by atoms with Gasteiger partial charge in [0.2, 0.25) is 5.91 Å². The molecule has 1 aliphatic heterocycles. The summed E-state index contributed by atoms with van der Waals surface area (Å²) in [7, 11) is 1.92. The zero-order chi connectivity index (χ0) is 13.7. The fourth-order valence-corrected chi connectivity index (χ4v) is 2.56. The molecule has 5 heteroatoms. The standard InChI is InChI=1S/C14H24N4O/c1-12-13(11-17(2)16-12)9-15-10-14(19)18-7-5-3-4-6-8-18/h11,15H,3-10H2,1-2H3. The number of amides is 1. The van der Waals surface area contributed by atoms with E-state index in [4.69, 9.17) is 0 Å². The minimum Gasteiger partial charge on any atom is -0.342 e. The predicted octanol–water partition coefficient (Wildman–Crippen LogP) is 1.22. The second-order valence-corrected chi connectivity index (χ2v) is 5.31. The molecule has 106 valence electrons. The number of rotatable bonds is 4. The van der Waals surface area contributed by atoms with Crippen LogP contribution in [0.1, 0.15) is 36.9 Å². The van der Waals surface area contributed by atoms with E-state index in [0.717, 1.165) is 37.2 Å². The molecule has 0 unspecified atom stereocenters. The van der Waals surface area contributed by atoms with Crippen molar-refractivity contribution in [2.75, 3.05) is 19.6 Å². The Labute approximate surface area is 115 Å². The fourth-order valence-electron chi connectivity index (χ4n) is 2.56. The number of hydrogen-bond acceptors (Lipinski definition) is 3. The van der Waals surface area contributed by atoms with Crippen LogP contribution in [0.2, 0.25) is 0 Å². The van der Waals surface area contributed by atoms with Crippen molar-refractivity contribution < 1.29 is 4.79 Å². The molecule has 1 N–H and O–H groups in total. The van der Waals surface area contributed by atoms with Gasteiger partial charge in [-0.3, -0.25) is 9.48 Å². The first-order chi connectivity index (χ1) is 9.16. The molecule has 1 aromatic heterocycles. The summed E-state index contributed by atoms with van der Waals surface area (Å²) in [6.07, 6.45) is 6.80. The van der Waals surface area contributed by atoms with E-state index < -0.39 is 0 Å². The van der Waals surface area contributed by atoms with Crippen LogP contribution < -0.4 is 5.32 Å². The summed E-state index contributed by atoms with van der Waals surface area (Å²) in [4.78, 5) is 14.1. The van der Waals surface area contributed by atoms with Crippen molar-refractivity contribution in [2.45, 2.75) is 39.2 Å². The number of aromatic nitrogens is 2. The molecule has 1 aromatic rings. The van der Waals surface area contributed by atoms with Crippen molar-refractivity contribution >= 4 is 5.91 Å². The van der Waals surface area contributed by atoms with E-state index in [2.05, 4.69) is 10.4 Å². The first kappa shape index (κ1) is 14.1. The Morgan fingerprint density at radius 1 is 1.32 bits per heavy atom. The molecule has 0 atom stereocenters. The molecule has 1 saturated heterocycles. The second-order valence-electron chi connectivity index (χ2n) is 5.31. The number of carbonyl (C=O) groups excluding carboxylic acids is 1. The van der Waals surface area contributed by atoms with E-state index in [1.54, 1.807) is 0 Å². The summed E-state index contributed by atoms with van der Waals surface area (Å²) in [6, 6.07) is 0. The van der Waals surface area contributed by atoms with E-state index >= 15 is 0 Å². The van der Waals surface area contributed by atoms with Crippen LogP contribution in [0.3, 0.4) is 0 Å². The molecule has 0 bridgehead atoms. The van der Waals surface area contributed by atoms with Gasteiger partial charge in [-0.15, -0.1) is 0 Å². The fraction of sp³-hybridized carbons (Fsp3) is 0.714. The number of hydrogen-bond donors (Lipinski definition) is 1. The zero-order valence-corrected chi connectivity index (χ0v) is 12.0. The van der Waals surface area contributed by atoms with E-state index in [-0.39, 0.29) is 5.91 Å². The highest BCUT2D eigenvalue weighted by molar-refractivity contribution is 5.78. The van der Waals surface area contributed by atoms with Gasteiger partial charge >= 0.3 is 0 Å². The van der Waals surface area contributed by atoms with Crippen molar-refractivity contribution in [1.82, 2.24) is 20.0 Å². The molecule has 0 aliphatic carbocycles. The lowest BCUT2D eigenvalue weighted by molar-refractivity contribution is -0.130. The molecule has 2 rings (SSSR count). The molecular weight excluding hydrogens is 240 g/mol. The molecule has 1 fully saturated rings. The lowest BCUT2D eigenvalue weighted by atomic mass is 10.2. The Hall–Kier alpha value is -1.36. The third kappa shape index (κ3) is 4.06. The van der Waals surface area contributed by atoms with Crippen molar-refractivity contribution in [1.29, 1.82) is 0 Å². The maximum Gasteiger partial charge on any atom is 0.236 e. The van der Waals surface area contributed by atoms with Gasteiger partial charge in [-0.1, -0.05) is 12.8 Å². The average Bonchev–Trinajstić information content (AvgIpc) is 2.60. The zero-order valence-electron chi connectivity index (χ0n) is 12.0. The first-order valence-corrected chi connectivity index (χ1v) is 7.14. The third-order valence-electron chi connectivity index (χ3n) is 3.67. The average molecular weight is 264 g/mol. The highest BCUT2D eigenvalue weighted by atomic mass is 16.2. The molecule has 1 amide bonds. The quantitative estimate of drug-likeness (QED) is 0.889. The third-order valence-corrected chi connectivity index (χ3v) is 3.67.